The summed E-state index contributed by atoms with van der Waals surface area (Å²) in [6.07, 6.45) is 1.53. The number of phenols is 1. The van der Waals surface area contributed by atoms with E-state index in [2.05, 4.69) is 36.8 Å². The van der Waals surface area contributed by atoms with E-state index >= 15 is 0 Å². The smallest absolute Gasteiger partial charge is 0.419 e. The zero-order chi connectivity index (χ0) is 26.9. The fourth-order valence-corrected chi connectivity index (χ4v) is 6.86. The van der Waals surface area contributed by atoms with Crippen molar-refractivity contribution in [1.82, 2.24) is 14.5 Å². The van der Waals surface area contributed by atoms with Gasteiger partial charge in [-0.15, -0.1) is 0 Å². The molecule has 1 saturated heterocycles. The molecule has 3 amide bonds. The molecule has 0 bridgehead atoms. The van der Waals surface area contributed by atoms with Gasteiger partial charge in [-0.1, -0.05) is 12.1 Å². The molecule has 0 radical (unpaired) electrons. The van der Waals surface area contributed by atoms with E-state index in [0.717, 1.165) is 16.6 Å². The predicted octanol–water partition coefficient (Wildman–Crippen LogP) is 4.27. The van der Waals surface area contributed by atoms with Crippen LogP contribution in [0.15, 0.2) is 50.1 Å². The number of fused-ring (bicyclic) bond motifs is 1. The van der Waals surface area contributed by atoms with Crippen LogP contribution in [0.4, 0.5) is 4.79 Å². The zero-order valence-corrected chi connectivity index (χ0v) is 24.1. The van der Waals surface area contributed by atoms with E-state index in [4.69, 9.17) is 5.73 Å². The molecule has 2 aromatic carbocycles. The van der Waals surface area contributed by atoms with Gasteiger partial charge in [-0.3, -0.25) is 14.3 Å². The number of nitrogens with one attached hydrogen (secondary N) is 1. The average molecular weight is 638 g/mol. The molecule has 4 rings (SSSR count). The summed E-state index contributed by atoms with van der Waals surface area (Å²) in [5.74, 6) is -0.475. The van der Waals surface area contributed by atoms with Gasteiger partial charge in [-0.25, -0.2) is 14.1 Å². The number of hydrogen-bond acceptors (Lipinski definition) is 4. The minimum Gasteiger partial charge on any atom is -0.506 e. The Labute approximate surface area is 232 Å². The molecule has 11 heteroatoms. The average Bonchev–Trinajstić information content (AvgIpc) is 3.23. The number of hydrogen-bond donors (Lipinski definition) is 3. The number of imidazole rings is 1. The lowest BCUT2D eigenvalue weighted by molar-refractivity contribution is -0.866. The fraction of sp³-hybridized carbons (Fsp3) is 0.423. The van der Waals surface area contributed by atoms with Crippen LogP contribution in [0.1, 0.15) is 38.3 Å². The zero-order valence-electron chi connectivity index (χ0n) is 20.9. The van der Waals surface area contributed by atoms with E-state index < -0.39 is 11.9 Å². The Hall–Kier alpha value is -2.63. The highest BCUT2D eigenvalue weighted by atomic mass is 79.9. The Bertz CT molecular complexity index is 1350. The molecule has 198 valence electrons. The van der Waals surface area contributed by atoms with Gasteiger partial charge in [-0.05, 0) is 88.4 Å². The van der Waals surface area contributed by atoms with Gasteiger partial charge < -0.3 is 15.8 Å². The third kappa shape index (κ3) is 5.08. The van der Waals surface area contributed by atoms with E-state index in [1.54, 1.807) is 16.7 Å². The van der Waals surface area contributed by atoms with E-state index in [1.165, 1.54) is 0 Å². The van der Waals surface area contributed by atoms with Gasteiger partial charge in [0.25, 0.3) is 5.91 Å². The van der Waals surface area contributed by atoms with Gasteiger partial charge in [-0.2, -0.15) is 0 Å². The number of nitrogens with two attached hydrogens (primary N) is 1. The highest BCUT2D eigenvalue weighted by molar-refractivity contribution is 9.11. The van der Waals surface area contributed by atoms with Gasteiger partial charge >= 0.3 is 11.7 Å². The fourth-order valence-electron chi connectivity index (χ4n) is 5.58. The van der Waals surface area contributed by atoms with E-state index in [0.29, 0.717) is 48.0 Å². The van der Waals surface area contributed by atoms with Crippen LogP contribution < -0.4 is 11.4 Å². The lowest BCUT2D eigenvalue weighted by Crippen LogP contribution is -2.67. The summed E-state index contributed by atoms with van der Waals surface area (Å²) in [4.78, 5) is 44.2. The number of likely N-dealkylation sites (N-methyl/N-ethyl adjacent to an activating group) is 1. The third-order valence-electron chi connectivity index (χ3n) is 7.66. The number of amides is 3. The molecule has 1 aliphatic heterocycles. The molecular formula is C26H32Br2N5O4+. The highest BCUT2D eigenvalue weighted by Crippen LogP contribution is 2.35. The second-order valence-electron chi connectivity index (χ2n) is 9.52. The van der Waals surface area contributed by atoms with Crippen molar-refractivity contribution in [3.63, 3.8) is 0 Å². The van der Waals surface area contributed by atoms with Crippen molar-refractivity contribution in [1.29, 1.82) is 0 Å². The van der Waals surface area contributed by atoms with Crippen LogP contribution in [0.3, 0.4) is 0 Å². The summed E-state index contributed by atoms with van der Waals surface area (Å²) in [7, 11) is 0. The number of phenolic OH excluding ortho intramolecular Hbond substituents is 1. The van der Waals surface area contributed by atoms with Crippen LogP contribution >= 0.6 is 31.9 Å². The molecule has 0 saturated carbocycles. The van der Waals surface area contributed by atoms with Crippen LogP contribution in [0.5, 0.6) is 5.75 Å². The van der Waals surface area contributed by atoms with Crippen LogP contribution in [0.2, 0.25) is 0 Å². The molecule has 3 aromatic rings. The van der Waals surface area contributed by atoms with Crippen LogP contribution in [-0.4, -0.2) is 68.2 Å². The molecule has 0 unspecified atom stereocenters. The topological polar surface area (TPSA) is 121 Å². The SMILES string of the molecule is CC[N+](CC)(C(=O)N1CCC(n2c(=O)[nH]c3ccccc32)CC1)[C@H](Cc1cc(Br)c(O)c(Br)c1)C(N)=O. The molecule has 2 heterocycles. The number of halogens is 2. The molecule has 9 nitrogen and oxygen atoms in total. The minimum absolute atomic E-state index is 0.0171. The summed E-state index contributed by atoms with van der Waals surface area (Å²) in [6, 6.07) is 10.2. The van der Waals surface area contributed by atoms with Gasteiger partial charge in [0, 0.05) is 25.6 Å². The number of H-pyrrole nitrogens is 1. The van der Waals surface area contributed by atoms with Crippen LogP contribution in [-0.2, 0) is 11.2 Å². The molecule has 1 aromatic heterocycles. The molecule has 0 aliphatic carbocycles. The molecule has 1 atom stereocenters. The number of piperidine rings is 1. The normalized spacial score (nSPS) is 15.7. The predicted molar refractivity (Wildman–Crippen MR) is 149 cm³/mol. The van der Waals surface area contributed by atoms with Gasteiger partial charge in [0.2, 0.25) is 0 Å². The van der Waals surface area contributed by atoms with Crippen molar-refractivity contribution in [2.45, 2.75) is 45.2 Å². The number of aromatic hydroxyl groups is 1. The Morgan fingerprint density at radius 3 is 2.30 bits per heavy atom. The second kappa shape index (κ2) is 11.0. The first-order valence-electron chi connectivity index (χ1n) is 12.4. The van der Waals surface area contributed by atoms with Crippen LogP contribution in [0.25, 0.3) is 11.0 Å². The Balaban J connectivity index is 1.57. The van der Waals surface area contributed by atoms with Gasteiger partial charge in [0.05, 0.1) is 33.1 Å². The number of nitrogens with zero attached hydrogens (tertiary/aromatic N) is 3. The number of rotatable bonds is 7. The highest BCUT2D eigenvalue weighted by Gasteiger charge is 2.48. The number of primary amides is 1. The number of carbonyl (C=O) groups excluding carboxylic acids is 2. The van der Waals surface area contributed by atoms with Crippen molar-refractivity contribution in [3.05, 3.63) is 61.4 Å². The van der Waals surface area contributed by atoms with Crippen molar-refractivity contribution in [3.8, 4) is 5.75 Å². The minimum atomic E-state index is -0.778. The monoisotopic (exact) mass is 636 g/mol. The Morgan fingerprint density at radius 2 is 1.73 bits per heavy atom. The van der Waals surface area contributed by atoms with Crippen molar-refractivity contribution < 1.29 is 19.2 Å². The number of para-hydroxylation sites is 2. The molecule has 4 N–H and O–H groups in total. The maximum Gasteiger partial charge on any atom is 0.419 e. The molecule has 1 fully saturated rings. The molecule has 37 heavy (non-hydrogen) atoms. The van der Waals surface area contributed by atoms with Crippen LogP contribution in [0, 0.1) is 0 Å². The summed E-state index contributed by atoms with van der Waals surface area (Å²) < 4.78 is 2.69. The van der Waals surface area contributed by atoms with E-state index in [1.807, 2.05) is 43.0 Å². The first-order chi connectivity index (χ1) is 17.6. The Kier molecular flexibility index (Phi) is 8.15. The largest absolute Gasteiger partial charge is 0.506 e. The lowest BCUT2D eigenvalue weighted by atomic mass is 10.00. The maximum absolute atomic E-state index is 14.0. The molecular weight excluding hydrogens is 606 g/mol. The Morgan fingerprint density at radius 1 is 1.14 bits per heavy atom. The summed E-state index contributed by atoms with van der Waals surface area (Å²) >= 11 is 6.68. The standard InChI is InChI=1S/C26H31Br2N5O4/c1-3-33(4-2,22(24(29)35)15-16-13-18(27)23(34)19(28)14-16)26(37)31-11-9-17(10-12-31)32-21-8-6-5-7-20(21)30-25(32)36/h5-8,13-14,17,22H,3-4,9-12,15H2,1-2H3,(H3-,29,30,34,35,36)/p+1/t22-/m1/s1. The molecule has 1 aliphatic rings. The quantitative estimate of drug-likeness (QED) is 0.335. The van der Waals surface area contributed by atoms with Crippen molar-refractivity contribution in [2.24, 2.45) is 5.73 Å². The van der Waals surface area contributed by atoms with Crippen molar-refractivity contribution in [2.75, 3.05) is 26.2 Å². The van der Waals surface area contributed by atoms with E-state index in [9.17, 15) is 19.5 Å². The molecule has 0 spiro atoms. The van der Waals surface area contributed by atoms with Gasteiger partial charge in [0.1, 0.15) is 5.75 Å². The number of benzene rings is 2. The number of carbonyl (C=O) groups is 2. The number of quaternary nitrogens is 1. The summed E-state index contributed by atoms with van der Waals surface area (Å²) in [5, 5.41) is 10.1. The lowest BCUT2D eigenvalue weighted by Gasteiger charge is -2.43. The summed E-state index contributed by atoms with van der Waals surface area (Å²) in [6.45, 7) is 5.58. The second-order valence-corrected chi connectivity index (χ2v) is 11.2. The van der Waals surface area contributed by atoms with Crippen molar-refractivity contribution >= 4 is 54.8 Å². The number of aromatic amines is 1. The maximum atomic E-state index is 14.0. The first kappa shape index (κ1) is 27.4. The first-order valence-corrected chi connectivity index (χ1v) is 14.0. The van der Waals surface area contributed by atoms with Gasteiger partial charge in [0.15, 0.2) is 6.04 Å². The van der Waals surface area contributed by atoms with E-state index in [-0.39, 0.29) is 34.4 Å². The number of aromatic nitrogens is 2. The number of urea groups is 1. The number of likely N-dealkylation sites (tertiary alicyclic amines) is 1. The summed E-state index contributed by atoms with van der Waals surface area (Å²) in [5.41, 5.74) is 8.21. The third-order valence-corrected chi connectivity index (χ3v) is 8.87.